The Morgan fingerprint density at radius 3 is 2.72 bits per heavy atom. The highest BCUT2D eigenvalue weighted by Crippen LogP contribution is 2.38. The smallest absolute Gasteiger partial charge is 0.164 e. The van der Waals surface area contributed by atoms with E-state index < -0.39 is 30.6 Å². The summed E-state index contributed by atoms with van der Waals surface area (Å²) in [5.74, 6) is 0. The van der Waals surface area contributed by atoms with Gasteiger partial charge in [-0.15, -0.1) is 0 Å². The van der Waals surface area contributed by atoms with E-state index in [-0.39, 0.29) is 0 Å². The lowest BCUT2D eigenvalue weighted by Crippen LogP contribution is -2.34. The molecule has 1 fully saturated rings. The van der Waals surface area contributed by atoms with E-state index in [1.54, 1.807) is 17.0 Å². The zero-order chi connectivity index (χ0) is 20.3. The topological polar surface area (TPSA) is 92.7 Å². The summed E-state index contributed by atoms with van der Waals surface area (Å²) in [6.45, 7) is 1.99. The fourth-order valence-electron chi connectivity index (χ4n) is 4.23. The number of hydrogen-bond donors (Lipinski definition) is 3. The normalized spacial score (nSPS) is 25.8. The zero-order valence-electron chi connectivity index (χ0n) is 16.2. The van der Waals surface area contributed by atoms with Crippen LogP contribution in [0.3, 0.4) is 0 Å². The fraction of sp³-hybridized carbons (Fsp3) is 0.318. The number of fused-ring (bicyclic) bond motifs is 2. The minimum atomic E-state index is -1.23. The second-order valence-corrected chi connectivity index (χ2v) is 7.75. The van der Waals surface area contributed by atoms with Crippen LogP contribution in [0.4, 0.5) is 0 Å². The molecule has 0 aliphatic carbocycles. The molecular formula is C22H23N3O4. The highest BCUT2D eigenvalue weighted by molar-refractivity contribution is 5.81. The molecule has 7 nitrogen and oxygen atoms in total. The molecule has 1 aliphatic rings. The maximum atomic E-state index is 10.9. The number of pyridine rings is 1. The molecule has 0 bridgehead atoms. The summed E-state index contributed by atoms with van der Waals surface area (Å²) in [5.41, 5.74) is 3.33. The third kappa shape index (κ3) is 2.78. The molecule has 4 heterocycles. The molecule has 150 valence electrons. The van der Waals surface area contributed by atoms with Crippen molar-refractivity contribution >= 4 is 21.9 Å². The average molecular weight is 393 g/mol. The second-order valence-electron chi connectivity index (χ2n) is 7.75. The fourth-order valence-corrected chi connectivity index (χ4v) is 4.23. The van der Waals surface area contributed by atoms with Gasteiger partial charge in [0.1, 0.15) is 30.1 Å². The molecule has 1 aromatic carbocycles. The molecule has 5 rings (SSSR count). The third-order valence-electron chi connectivity index (χ3n) is 5.95. The van der Waals surface area contributed by atoms with Crippen molar-refractivity contribution in [3.63, 3.8) is 0 Å². The van der Waals surface area contributed by atoms with Gasteiger partial charge in [0.25, 0.3) is 0 Å². The number of benzene rings is 1. The molecule has 0 unspecified atom stereocenters. The van der Waals surface area contributed by atoms with Gasteiger partial charge >= 0.3 is 0 Å². The van der Waals surface area contributed by atoms with E-state index in [1.807, 2.05) is 61.1 Å². The van der Waals surface area contributed by atoms with Crippen molar-refractivity contribution in [3.05, 3.63) is 66.1 Å². The summed E-state index contributed by atoms with van der Waals surface area (Å²) in [5, 5.41) is 34.3. The van der Waals surface area contributed by atoms with Crippen molar-refractivity contribution in [2.75, 3.05) is 0 Å². The summed E-state index contributed by atoms with van der Waals surface area (Å²) in [4.78, 5) is 4.40. The zero-order valence-corrected chi connectivity index (χ0v) is 16.2. The van der Waals surface area contributed by atoms with Crippen molar-refractivity contribution < 1.29 is 20.1 Å². The van der Waals surface area contributed by atoms with Gasteiger partial charge in [-0.3, -0.25) is 0 Å². The Morgan fingerprint density at radius 2 is 1.90 bits per heavy atom. The van der Waals surface area contributed by atoms with Crippen LogP contribution in [0.2, 0.25) is 0 Å². The number of aromatic nitrogens is 3. The maximum absolute atomic E-state index is 10.9. The van der Waals surface area contributed by atoms with Gasteiger partial charge in [0.05, 0.1) is 0 Å². The van der Waals surface area contributed by atoms with Gasteiger partial charge in [0, 0.05) is 36.5 Å². The van der Waals surface area contributed by atoms with Crippen molar-refractivity contribution in [1.29, 1.82) is 0 Å². The van der Waals surface area contributed by atoms with Crippen LogP contribution in [0, 0.1) is 6.92 Å². The molecule has 0 radical (unpaired) electrons. The van der Waals surface area contributed by atoms with Gasteiger partial charge in [-0.25, -0.2) is 4.98 Å². The van der Waals surface area contributed by atoms with E-state index in [9.17, 15) is 15.3 Å². The predicted molar refractivity (Wildman–Crippen MR) is 108 cm³/mol. The van der Waals surface area contributed by atoms with Crippen LogP contribution in [0.25, 0.3) is 21.9 Å². The highest BCUT2D eigenvalue weighted by atomic mass is 16.6. The van der Waals surface area contributed by atoms with Gasteiger partial charge < -0.3 is 29.2 Å². The standard InChI is InChI=1S/C22H23N3O4/c1-12-5-8-23-21-15(12)7-10-25(21)22-19(28)18(27)20(29-22)17(26)14-4-3-13-6-9-24(2)16(13)11-14/h3-11,17-20,22,26-28H,1-2H3/t17-,18+,19-,20-,22-/m1/s1. The van der Waals surface area contributed by atoms with Gasteiger partial charge in [-0.05, 0) is 47.7 Å². The second kappa shape index (κ2) is 6.67. The number of nitrogens with zero attached hydrogens (tertiary/aromatic N) is 3. The van der Waals surface area contributed by atoms with Gasteiger partial charge in [-0.1, -0.05) is 12.1 Å². The lowest BCUT2D eigenvalue weighted by molar-refractivity contribution is -0.0848. The molecule has 0 saturated carbocycles. The Bertz CT molecular complexity index is 1200. The molecule has 3 aromatic heterocycles. The monoisotopic (exact) mass is 393 g/mol. The van der Waals surface area contributed by atoms with Crippen LogP contribution in [0.1, 0.15) is 23.5 Å². The van der Waals surface area contributed by atoms with Crippen molar-refractivity contribution in [1.82, 2.24) is 14.1 Å². The van der Waals surface area contributed by atoms with Crippen LogP contribution >= 0.6 is 0 Å². The summed E-state index contributed by atoms with van der Waals surface area (Å²) in [7, 11) is 1.94. The van der Waals surface area contributed by atoms with Crippen molar-refractivity contribution in [3.8, 4) is 0 Å². The summed E-state index contributed by atoms with van der Waals surface area (Å²) < 4.78 is 9.66. The van der Waals surface area contributed by atoms with E-state index in [1.165, 1.54) is 0 Å². The first-order valence-corrected chi connectivity index (χ1v) is 9.62. The van der Waals surface area contributed by atoms with Crippen LogP contribution in [-0.4, -0.2) is 47.7 Å². The molecular weight excluding hydrogens is 370 g/mol. The van der Waals surface area contributed by atoms with Gasteiger partial charge in [-0.2, -0.15) is 0 Å². The predicted octanol–water partition coefficient (Wildman–Crippen LogP) is 2.19. The first-order valence-electron chi connectivity index (χ1n) is 9.62. The Kier molecular flexibility index (Phi) is 4.22. The molecule has 29 heavy (non-hydrogen) atoms. The Balaban J connectivity index is 1.48. The Morgan fingerprint density at radius 1 is 1.07 bits per heavy atom. The molecule has 0 spiro atoms. The number of rotatable bonds is 3. The first-order chi connectivity index (χ1) is 14.0. The van der Waals surface area contributed by atoms with Gasteiger partial charge in [0.2, 0.25) is 0 Å². The Labute approximate surface area is 167 Å². The molecule has 1 saturated heterocycles. The summed E-state index contributed by atoms with van der Waals surface area (Å²) >= 11 is 0. The minimum Gasteiger partial charge on any atom is -0.387 e. The maximum Gasteiger partial charge on any atom is 0.164 e. The number of ether oxygens (including phenoxy) is 1. The van der Waals surface area contributed by atoms with Crippen LogP contribution < -0.4 is 0 Å². The van der Waals surface area contributed by atoms with E-state index >= 15 is 0 Å². The molecule has 4 aromatic rings. The summed E-state index contributed by atoms with van der Waals surface area (Å²) in [6, 6.07) is 11.4. The third-order valence-corrected chi connectivity index (χ3v) is 5.95. The van der Waals surface area contributed by atoms with E-state index in [0.29, 0.717) is 11.2 Å². The molecule has 5 atom stereocenters. The lowest BCUT2D eigenvalue weighted by Gasteiger charge is -2.21. The molecule has 7 heteroatoms. The number of hydrogen-bond acceptors (Lipinski definition) is 5. The largest absolute Gasteiger partial charge is 0.387 e. The van der Waals surface area contributed by atoms with Gasteiger partial charge in [0.15, 0.2) is 6.23 Å². The van der Waals surface area contributed by atoms with E-state index in [4.69, 9.17) is 4.74 Å². The molecule has 0 amide bonds. The van der Waals surface area contributed by atoms with Crippen LogP contribution in [0.15, 0.2) is 55.0 Å². The number of aryl methyl sites for hydroxylation is 2. The number of aliphatic hydroxyl groups excluding tert-OH is 3. The van der Waals surface area contributed by atoms with Crippen LogP contribution in [-0.2, 0) is 11.8 Å². The molecule has 1 aliphatic heterocycles. The first kappa shape index (κ1) is 18.3. The average Bonchev–Trinajstić information content (AvgIpc) is 3.39. The summed E-state index contributed by atoms with van der Waals surface area (Å²) in [6.07, 6.45) is 0.134. The Hall–Kier alpha value is -2.71. The lowest BCUT2D eigenvalue weighted by atomic mass is 9.98. The minimum absolute atomic E-state index is 0.627. The van der Waals surface area contributed by atoms with Crippen molar-refractivity contribution in [2.24, 2.45) is 7.05 Å². The number of aliphatic hydroxyl groups is 3. The SMILES string of the molecule is Cc1ccnc2c1ccn2[C@@H]1O[C@H]([C@H](O)c2ccc3ccn(C)c3c2)[C@@H](O)[C@H]1O. The molecule has 3 N–H and O–H groups in total. The quantitative estimate of drug-likeness (QED) is 0.496. The highest BCUT2D eigenvalue weighted by Gasteiger charge is 2.47. The van der Waals surface area contributed by atoms with Crippen molar-refractivity contribution in [2.45, 2.75) is 37.6 Å². The van der Waals surface area contributed by atoms with Crippen LogP contribution in [0.5, 0.6) is 0 Å². The van der Waals surface area contributed by atoms with E-state index in [2.05, 4.69) is 4.98 Å². The van der Waals surface area contributed by atoms with E-state index in [0.717, 1.165) is 21.9 Å².